The molecule has 0 bridgehead atoms. The van der Waals surface area contributed by atoms with E-state index in [1.54, 1.807) is 19.1 Å². The third-order valence-electron chi connectivity index (χ3n) is 6.30. The molecule has 9 heteroatoms. The number of rotatable bonds is 13. The first kappa shape index (κ1) is 27.4. The van der Waals surface area contributed by atoms with Gasteiger partial charge in [0.05, 0.1) is 30.9 Å². The zero-order valence-electron chi connectivity index (χ0n) is 20.7. The summed E-state index contributed by atoms with van der Waals surface area (Å²) in [6, 6.07) is 8.57. The molecule has 36 heavy (non-hydrogen) atoms. The highest BCUT2D eigenvalue weighted by molar-refractivity contribution is 5.93. The number of amides is 1. The molecular formula is C27H35F2N3O4. The topological polar surface area (TPSA) is 97.9 Å². The highest BCUT2D eigenvalue weighted by atomic mass is 19.1. The maximum Gasteiger partial charge on any atom is 0.251 e. The average molecular weight is 504 g/mol. The molecule has 0 aliphatic carbocycles. The Hall–Kier alpha value is -3.20. The number of nitrogens with one attached hydrogen (secondary N) is 1. The Balaban J connectivity index is 1.27. The van der Waals surface area contributed by atoms with Crippen LogP contribution in [0.25, 0.3) is 0 Å². The Morgan fingerprint density at radius 3 is 2.14 bits per heavy atom. The molecule has 196 valence electrons. The molecule has 2 aromatic carbocycles. The minimum atomic E-state index is -0.792. The Kier molecular flexibility index (Phi) is 10.5. The molecule has 7 nitrogen and oxygen atoms in total. The molecule has 0 radical (unpaired) electrons. The van der Waals surface area contributed by atoms with Crippen molar-refractivity contribution in [3.05, 3.63) is 59.2 Å². The second-order valence-corrected chi connectivity index (χ2v) is 8.89. The molecule has 3 N–H and O–H groups in total. The van der Waals surface area contributed by atoms with Crippen molar-refractivity contribution in [2.75, 3.05) is 39.5 Å². The summed E-state index contributed by atoms with van der Waals surface area (Å²) in [7, 11) is 0. The SMILES string of the molecule is CCOC(=N)c1ccc(OCCCN2CCC(CCCOc3ccc(C(N)=O)c(F)c3)CC2)cc1F. The normalized spacial score (nSPS) is 14.4. The first-order valence-corrected chi connectivity index (χ1v) is 12.5. The largest absolute Gasteiger partial charge is 0.493 e. The lowest BCUT2D eigenvalue weighted by atomic mass is 9.92. The van der Waals surface area contributed by atoms with Crippen LogP contribution in [0.4, 0.5) is 8.78 Å². The van der Waals surface area contributed by atoms with Crippen molar-refractivity contribution in [1.82, 2.24) is 4.90 Å². The summed E-state index contributed by atoms with van der Waals surface area (Å²) in [6.45, 7) is 6.07. The van der Waals surface area contributed by atoms with Crippen LogP contribution in [-0.4, -0.2) is 56.2 Å². The van der Waals surface area contributed by atoms with Gasteiger partial charge in [-0.25, -0.2) is 8.78 Å². The minimum absolute atomic E-state index is 0.131. The van der Waals surface area contributed by atoms with E-state index in [4.69, 9.17) is 25.4 Å². The second-order valence-electron chi connectivity index (χ2n) is 8.89. The van der Waals surface area contributed by atoms with E-state index >= 15 is 0 Å². The number of hydrogen-bond donors (Lipinski definition) is 2. The van der Waals surface area contributed by atoms with E-state index in [0.29, 0.717) is 37.2 Å². The molecule has 0 spiro atoms. The van der Waals surface area contributed by atoms with Gasteiger partial charge >= 0.3 is 0 Å². The van der Waals surface area contributed by atoms with Gasteiger partial charge in [-0.2, -0.15) is 0 Å². The molecule has 0 atom stereocenters. The van der Waals surface area contributed by atoms with E-state index in [1.807, 2.05) is 0 Å². The van der Waals surface area contributed by atoms with E-state index in [-0.39, 0.29) is 17.0 Å². The number of piperidine rings is 1. The number of carbonyl (C=O) groups is 1. The number of carbonyl (C=O) groups excluding carboxylic acids is 1. The van der Waals surface area contributed by atoms with Crippen LogP contribution in [0.2, 0.25) is 0 Å². The Morgan fingerprint density at radius 2 is 1.58 bits per heavy atom. The Labute approximate surface area is 211 Å². The van der Waals surface area contributed by atoms with Gasteiger partial charge in [0, 0.05) is 18.7 Å². The van der Waals surface area contributed by atoms with Crippen LogP contribution in [0.1, 0.15) is 54.9 Å². The fourth-order valence-electron chi connectivity index (χ4n) is 4.32. The van der Waals surface area contributed by atoms with Crippen LogP contribution in [0.15, 0.2) is 36.4 Å². The van der Waals surface area contributed by atoms with E-state index in [9.17, 15) is 13.6 Å². The first-order valence-electron chi connectivity index (χ1n) is 12.5. The molecule has 1 aliphatic heterocycles. The van der Waals surface area contributed by atoms with Crippen molar-refractivity contribution in [3.63, 3.8) is 0 Å². The molecule has 1 heterocycles. The molecule has 1 fully saturated rings. The maximum absolute atomic E-state index is 14.2. The van der Waals surface area contributed by atoms with Crippen LogP contribution in [0.5, 0.6) is 11.5 Å². The van der Waals surface area contributed by atoms with Crippen LogP contribution < -0.4 is 15.2 Å². The van der Waals surface area contributed by atoms with Crippen molar-refractivity contribution in [2.45, 2.75) is 39.0 Å². The van der Waals surface area contributed by atoms with Gasteiger partial charge in [0.2, 0.25) is 5.90 Å². The summed E-state index contributed by atoms with van der Waals surface area (Å²) >= 11 is 0. The summed E-state index contributed by atoms with van der Waals surface area (Å²) in [5.74, 6) is -0.657. The van der Waals surface area contributed by atoms with Gasteiger partial charge < -0.3 is 24.8 Å². The zero-order valence-corrected chi connectivity index (χ0v) is 20.7. The fourth-order valence-corrected chi connectivity index (χ4v) is 4.32. The van der Waals surface area contributed by atoms with Gasteiger partial charge in [0.25, 0.3) is 5.91 Å². The van der Waals surface area contributed by atoms with Crippen LogP contribution in [0.3, 0.4) is 0 Å². The van der Waals surface area contributed by atoms with Gasteiger partial charge in [0.15, 0.2) is 0 Å². The molecule has 1 aliphatic rings. The number of primary amides is 1. The monoisotopic (exact) mass is 503 g/mol. The predicted molar refractivity (Wildman–Crippen MR) is 134 cm³/mol. The smallest absolute Gasteiger partial charge is 0.251 e. The summed E-state index contributed by atoms with van der Waals surface area (Å²) in [5, 5.41) is 7.70. The summed E-state index contributed by atoms with van der Waals surface area (Å²) < 4.78 is 44.3. The highest BCUT2D eigenvalue weighted by Gasteiger charge is 2.19. The number of nitrogens with two attached hydrogens (primary N) is 1. The van der Waals surface area contributed by atoms with Crippen molar-refractivity contribution in [1.29, 1.82) is 5.41 Å². The maximum atomic E-state index is 14.2. The number of benzene rings is 2. The molecule has 2 aromatic rings. The third-order valence-corrected chi connectivity index (χ3v) is 6.30. The van der Waals surface area contributed by atoms with Crippen molar-refractivity contribution >= 4 is 11.8 Å². The first-order chi connectivity index (χ1) is 17.4. The van der Waals surface area contributed by atoms with Crippen LogP contribution in [-0.2, 0) is 4.74 Å². The molecule has 1 amide bonds. The lowest BCUT2D eigenvalue weighted by Gasteiger charge is -2.32. The Morgan fingerprint density at radius 1 is 1.00 bits per heavy atom. The third kappa shape index (κ3) is 8.19. The molecule has 0 saturated carbocycles. The fraction of sp³-hybridized carbons (Fsp3) is 0.481. The van der Waals surface area contributed by atoms with Gasteiger partial charge in [0.1, 0.15) is 23.1 Å². The molecule has 0 aromatic heterocycles. The van der Waals surface area contributed by atoms with Crippen LogP contribution in [0, 0.1) is 23.0 Å². The summed E-state index contributed by atoms with van der Waals surface area (Å²) in [5.41, 5.74) is 5.11. The van der Waals surface area contributed by atoms with E-state index < -0.39 is 17.5 Å². The van der Waals surface area contributed by atoms with Crippen molar-refractivity contribution < 1.29 is 27.8 Å². The van der Waals surface area contributed by atoms with Gasteiger partial charge in [-0.05, 0) is 82.3 Å². The number of halogens is 2. The van der Waals surface area contributed by atoms with E-state index in [0.717, 1.165) is 51.7 Å². The molecular weight excluding hydrogens is 468 g/mol. The number of nitrogens with zero attached hydrogens (tertiary/aromatic N) is 1. The Bertz CT molecular complexity index is 1030. The van der Waals surface area contributed by atoms with E-state index in [2.05, 4.69) is 4.90 Å². The molecule has 0 unspecified atom stereocenters. The lowest BCUT2D eigenvalue weighted by Crippen LogP contribution is -2.35. The predicted octanol–water partition coefficient (Wildman–Crippen LogP) is 4.77. The average Bonchev–Trinajstić information content (AvgIpc) is 2.85. The van der Waals surface area contributed by atoms with Crippen molar-refractivity contribution in [3.8, 4) is 11.5 Å². The highest BCUT2D eigenvalue weighted by Crippen LogP contribution is 2.23. The number of hydrogen-bond acceptors (Lipinski definition) is 6. The summed E-state index contributed by atoms with van der Waals surface area (Å²) in [4.78, 5) is 13.5. The lowest BCUT2D eigenvalue weighted by molar-refractivity contribution is 0.0996. The second kappa shape index (κ2) is 13.8. The summed E-state index contributed by atoms with van der Waals surface area (Å²) in [6.07, 6.45) is 5.04. The standard InChI is InChI=1S/C27H35F2N3O4/c1-2-34-27(31)23-9-7-21(18-25(23)29)36-16-4-12-32-13-10-19(11-14-32)5-3-15-35-20-6-8-22(26(30)33)24(28)17-20/h6-9,17-19,31H,2-5,10-16H2,1H3,(H2,30,33). The zero-order chi connectivity index (χ0) is 25.9. The minimum Gasteiger partial charge on any atom is -0.493 e. The van der Waals surface area contributed by atoms with Gasteiger partial charge in [-0.3, -0.25) is 10.2 Å². The van der Waals surface area contributed by atoms with E-state index in [1.165, 1.54) is 24.3 Å². The number of likely N-dealkylation sites (tertiary alicyclic amines) is 1. The molecule has 1 saturated heterocycles. The molecule has 3 rings (SSSR count). The van der Waals surface area contributed by atoms with Crippen molar-refractivity contribution in [2.24, 2.45) is 11.7 Å². The van der Waals surface area contributed by atoms with Gasteiger partial charge in [-0.15, -0.1) is 0 Å². The quantitative estimate of drug-likeness (QED) is 0.233. The van der Waals surface area contributed by atoms with Gasteiger partial charge in [-0.1, -0.05) is 0 Å². The number of ether oxygens (including phenoxy) is 3. The van der Waals surface area contributed by atoms with Crippen LogP contribution >= 0.6 is 0 Å².